The number of aryl methyl sites for hydroxylation is 1. The fourth-order valence-corrected chi connectivity index (χ4v) is 3.14. The van der Waals surface area contributed by atoms with Gasteiger partial charge in [-0.2, -0.15) is 0 Å². The molecular formula is C14H17N3O3S2. The van der Waals surface area contributed by atoms with Gasteiger partial charge < -0.3 is 10.4 Å². The van der Waals surface area contributed by atoms with Crippen molar-refractivity contribution in [2.24, 2.45) is 0 Å². The first-order chi connectivity index (χ1) is 10.4. The van der Waals surface area contributed by atoms with E-state index in [1.165, 1.54) is 30.0 Å². The lowest BCUT2D eigenvalue weighted by molar-refractivity contribution is 0.477. The third kappa shape index (κ3) is 3.69. The SMILES string of the molecule is CCS(=O)(=O)c1ccc(O)c(Nc2cc(C)nc(SC)n2)c1. The molecule has 0 fully saturated rings. The fourth-order valence-electron chi connectivity index (χ4n) is 1.81. The first-order valence-electron chi connectivity index (χ1n) is 6.58. The van der Waals surface area contributed by atoms with Crippen molar-refractivity contribution in [3.63, 3.8) is 0 Å². The minimum Gasteiger partial charge on any atom is -0.506 e. The Kier molecular flexibility index (Phi) is 4.92. The van der Waals surface area contributed by atoms with E-state index in [-0.39, 0.29) is 16.4 Å². The molecule has 1 aromatic carbocycles. The van der Waals surface area contributed by atoms with E-state index in [0.29, 0.717) is 16.7 Å². The van der Waals surface area contributed by atoms with Gasteiger partial charge in [0.2, 0.25) is 0 Å². The number of anilines is 2. The van der Waals surface area contributed by atoms with Crippen LogP contribution in [0.25, 0.3) is 0 Å². The lowest BCUT2D eigenvalue weighted by Crippen LogP contribution is -2.05. The second-order valence-corrected chi connectivity index (χ2v) is 7.64. The van der Waals surface area contributed by atoms with Gasteiger partial charge in [0.15, 0.2) is 15.0 Å². The van der Waals surface area contributed by atoms with Gasteiger partial charge in [-0.05, 0) is 31.4 Å². The monoisotopic (exact) mass is 339 g/mol. The topological polar surface area (TPSA) is 92.2 Å². The van der Waals surface area contributed by atoms with Crippen molar-refractivity contribution in [2.45, 2.75) is 23.9 Å². The number of nitrogens with one attached hydrogen (secondary N) is 1. The number of aromatic hydroxyl groups is 1. The molecule has 1 aromatic heterocycles. The average Bonchev–Trinajstić information content (AvgIpc) is 2.48. The predicted octanol–water partition coefficient (Wildman–Crippen LogP) is 2.75. The number of phenolic OH excluding ortho intramolecular Hbond substituents is 1. The van der Waals surface area contributed by atoms with Gasteiger partial charge in [0.25, 0.3) is 0 Å². The minimum atomic E-state index is -3.34. The highest BCUT2D eigenvalue weighted by atomic mass is 32.2. The third-order valence-corrected chi connectivity index (χ3v) is 5.27. The van der Waals surface area contributed by atoms with Crippen LogP contribution in [0.2, 0.25) is 0 Å². The van der Waals surface area contributed by atoms with Gasteiger partial charge in [0, 0.05) is 11.8 Å². The van der Waals surface area contributed by atoms with Crippen LogP contribution in [0.15, 0.2) is 34.3 Å². The molecule has 0 atom stereocenters. The Balaban J connectivity index is 2.41. The van der Waals surface area contributed by atoms with Crippen LogP contribution in [0.3, 0.4) is 0 Å². The fraction of sp³-hybridized carbons (Fsp3) is 0.286. The van der Waals surface area contributed by atoms with Crippen LogP contribution in [-0.4, -0.2) is 35.5 Å². The molecule has 22 heavy (non-hydrogen) atoms. The first kappa shape index (κ1) is 16.6. The van der Waals surface area contributed by atoms with E-state index in [9.17, 15) is 13.5 Å². The van der Waals surface area contributed by atoms with Crippen molar-refractivity contribution in [1.29, 1.82) is 0 Å². The first-order valence-corrected chi connectivity index (χ1v) is 9.46. The lowest BCUT2D eigenvalue weighted by atomic mass is 10.3. The highest BCUT2D eigenvalue weighted by Crippen LogP contribution is 2.29. The van der Waals surface area contributed by atoms with Gasteiger partial charge in [-0.3, -0.25) is 0 Å². The van der Waals surface area contributed by atoms with E-state index < -0.39 is 9.84 Å². The molecule has 0 aliphatic heterocycles. The lowest BCUT2D eigenvalue weighted by Gasteiger charge is -2.11. The maximum absolute atomic E-state index is 11.9. The zero-order chi connectivity index (χ0) is 16.3. The maximum Gasteiger partial charge on any atom is 0.189 e. The highest BCUT2D eigenvalue weighted by molar-refractivity contribution is 7.98. The summed E-state index contributed by atoms with van der Waals surface area (Å²) in [5.41, 5.74) is 1.07. The molecule has 6 nitrogen and oxygen atoms in total. The Bertz CT molecular complexity index is 792. The second kappa shape index (κ2) is 6.53. The van der Waals surface area contributed by atoms with Gasteiger partial charge in [-0.25, -0.2) is 18.4 Å². The molecule has 0 saturated heterocycles. The number of thioether (sulfide) groups is 1. The maximum atomic E-state index is 11.9. The molecular weight excluding hydrogens is 322 g/mol. The summed E-state index contributed by atoms with van der Waals surface area (Å²) in [6, 6.07) is 5.87. The van der Waals surface area contributed by atoms with E-state index in [2.05, 4.69) is 15.3 Å². The third-order valence-electron chi connectivity index (χ3n) is 2.99. The normalized spacial score (nSPS) is 11.4. The number of nitrogens with zero attached hydrogens (tertiary/aromatic N) is 2. The second-order valence-electron chi connectivity index (χ2n) is 4.59. The smallest absolute Gasteiger partial charge is 0.189 e. The van der Waals surface area contributed by atoms with Gasteiger partial charge in [0.05, 0.1) is 16.3 Å². The average molecular weight is 339 g/mol. The number of sulfone groups is 1. The van der Waals surface area contributed by atoms with Gasteiger partial charge in [-0.15, -0.1) is 0 Å². The number of hydrogen-bond acceptors (Lipinski definition) is 7. The molecule has 118 valence electrons. The van der Waals surface area contributed by atoms with Crippen LogP contribution < -0.4 is 5.32 Å². The van der Waals surface area contributed by atoms with Crippen molar-refractivity contribution < 1.29 is 13.5 Å². The van der Waals surface area contributed by atoms with Crippen molar-refractivity contribution in [1.82, 2.24) is 9.97 Å². The summed E-state index contributed by atoms with van der Waals surface area (Å²) >= 11 is 1.40. The quantitative estimate of drug-likeness (QED) is 0.491. The highest BCUT2D eigenvalue weighted by Gasteiger charge is 2.14. The summed E-state index contributed by atoms with van der Waals surface area (Å²) in [5, 5.41) is 13.5. The van der Waals surface area contributed by atoms with Crippen molar-refractivity contribution >= 4 is 33.1 Å². The van der Waals surface area contributed by atoms with E-state index >= 15 is 0 Å². The number of phenols is 1. The van der Waals surface area contributed by atoms with Gasteiger partial charge >= 0.3 is 0 Å². The summed E-state index contributed by atoms with van der Waals surface area (Å²) in [7, 11) is -3.34. The van der Waals surface area contributed by atoms with Crippen LogP contribution in [-0.2, 0) is 9.84 Å². The standard InChI is InChI=1S/C14H17N3O3S2/c1-4-22(19,20)10-5-6-12(18)11(8-10)16-13-7-9(2)15-14(17-13)21-3/h5-8,18H,4H2,1-3H3,(H,15,16,17). The minimum absolute atomic E-state index is 0.000450. The zero-order valence-electron chi connectivity index (χ0n) is 12.5. The molecule has 2 aromatic rings. The Hall–Kier alpha value is -1.80. The van der Waals surface area contributed by atoms with Crippen molar-refractivity contribution in [3.8, 4) is 5.75 Å². The molecule has 0 radical (unpaired) electrons. The van der Waals surface area contributed by atoms with Crippen molar-refractivity contribution in [3.05, 3.63) is 30.0 Å². The van der Waals surface area contributed by atoms with E-state index in [1.54, 1.807) is 13.0 Å². The van der Waals surface area contributed by atoms with Crippen LogP contribution in [0, 0.1) is 6.92 Å². The molecule has 2 rings (SSSR count). The van der Waals surface area contributed by atoms with Gasteiger partial charge in [0.1, 0.15) is 11.6 Å². The predicted molar refractivity (Wildman–Crippen MR) is 87.7 cm³/mol. The zero-order valence-corrected chi connectivity index (χ0v) is 14.1. The molecule has 0 aliphatic rings. The van der Waals surface area contributed by atoms with Gasteiger partial charge in [-0.1, -0.05) is 18.7 Å². The Labute approximate surface area is 133 Å². The summed E-state index contributed by atoms with van der Waals surface area (Å²) < 4.78 is 23.9. The molecule has 0 unspecified atom stereocenters. The molecule has 0 spiro atoms. The number of rotatable bonds is 5. The Morgan fingerprint density at radius 2 is 2.00 bits per heavy atom. The molecule has 0 saturated carbocycles. The number of hydrogen-bond donors (Lipinski definition) is 2. The Morgan fingerprint density at radius 3 is 2.64 bits per heavy atom. The molecule has 0 aliphatic carbocycles. The summed E-state index contributed by atoms with van der Waals surface area (Å²) in [5.74, 6) is 0.454. The van der Waals surface area contributed by atoms with Crippen molar-refractivity contribution in [2.75, 3.05) is 17.3 Å². The van der Waals surface area contributed by atoms with Crippen LogP contribution in [0.5, 0.6) is 5.75 Å². The number of benzene rings is 1. The molecule has 0 bridgehead atoms. The summed E-state index contributed by atoms with van der Waals surface area (Å²) in [6.45, 7) is 3.41. The molecule has 1 heterocycles. The van der Waals surface area contributed by atoms with Crippen LogP contribution >= 0.6 is 11.8 Å². The Morgan fingerprint density at radius 1 is 1.27 bits per heavy atom. The molecule has 8 heteroatoms. The van der Waals surface area contributed by atoms with Crippen LogP contribution in [0.1, 0.15) is 12.6 Å². The molecule has 0 amide bonds. The van der Waals surface area contributed by atoms with Crippen LogP contribution in [0.4, 0.5) is 11.5 Å². The molecule has 2 N–H and O–H groups in total. The number of aromatic nitrogens is 2. The van der Waals surface area contributed by atoms with E-state index in [4.69, 9.17) is 0 Å². The largest absolute Gasteiger partial charge is 0.506 e. The van der Waals surface area contributed by atoms with E-state index in [1.807, 2.05) is 13.2 Å². The summed E-state index contributed by atoms with van der Waals surface area (Å²) in [4.78, 5) is 8.68. The summed E-state index contributed by atoms with van der Waals surface area (Å²) in [6.07, 6.45) is 1.87. The van der Waals surface area contributed by atoms with E-state index in [0.717, 1.165) is 5.69 Å².